The lowest BCUT2D eigenvalue weighted by Gasteiger charge is -2.16. The highest BCUT2D eigenvalue weighted by Crippen LogP contribution is 2.25. The predicted octanol–water partition coefficient (Wildman–Crippen LogP) is 0.798. The molecule has 0 aliphatic heterocycles. The molecule has 14 heavy (non-hydrogen) atoms. The van der Waals surface area contributed by atoms with Crippen LogP contribution in [0.5, 0.6) is 0 Å². The highest BCUT2D eigenvalue weighted by Gasteiger charge is 2.15. The molecule has 0 amide bonds. The Balaban J connectivity index is 3.01. The van der Waals surface area contributed by atoms with Crippen LogP contribution in [-0.2, 0) is 4.74 Å². The van der Waals surface area contributed by atoms with Crippen LogP contribution in [0.25, 0.3) is 0 Å². The number of nitrogens with zero attached hydrogens (tertiary/aromatic N) is 1. The van der Waals surface area contributed by atoms with Gasteiger partial charge in [-0.15, -0.1) is 0 Å². The van der Waals surface area contributed by atoms with E-state index in [-0.39, 0.29) is 5.57 Å². The van der Waals surface area contributed by atoms with E-state index in [0.717, 1.165) is 30.6 Å². The Morgan fingerprint density at radius 1 is 1.71 bits per heavy atom. The van der Waals surface area contributed by atoms with Crippen LogP contribution >= 0.6 is 0 Å². The minimum absolute atomic E-state index is 0.235. The molecule has 0 spiro atoms. The fraction of sp³-hybridized carbons (Fsp3) is 0.500. The molecular formula is C10H14N2O2. The average Bonchev–Trinajstić information content (AvgIpc) is 2.19. The second kappa shape index (κ2) is 4.80. The van der Waals surface area contributed by atoms with Gasteiger partial charge in [-0.1, -0.05) is 0 Å². The maximum absolute atomic E-state index is 9.15. The van der Waals surface area contributed by atoms with Gasteiger partial charge in [0, 0.05) is 6.42 Å². The minimum atomic E-state index is -1.19. The van der Waals surface area contributed by atoms with Crippen molar-refractivity contribution >= 4 is 0 Å². The molecule has 0 aromatic carbocycles. The second-order valence-electron chi connectivity index (χ2n) is 3.16. The lowest BCUT2D eigenvalue weighted by Crippen LogP contribution is -2.22. The molecular weight excluding hydrogens is 180 g/mol. The van der Waals surface area contributed by atoms with Crippen LogP contribution < -0.4 is 5.73 Å². The molecule has 0 aromatic heterocycles. The molecule has 76 valence electrons. The van der Waals surface area contributed by atoms with E-state index < -0.39 is 6.23 Å². The van der Waals surface area contributed by atoms with Gasteiger partial charge < -0.3 is 15.6 Å². The van der Waals surface area contributed by atoms with Gasteiger partial charge in [-0.2, -0.15) is 5.26 Å². The van der Waals surface area contributed by atoms with Crippen molar-refractivity contribution in [2.45, 2.75) is 25.5 Å². The van der Waals surface area contributed by atoms with Crippen LogP contribution in [0.3, 0.4) is 0 Å². The van der Waals surface area contributed by atoms with Crippen molar-refractivity contribution < 1.29 is 9.84 Å². The molecule has 1 aliphatic carbocycles. The van der Waals surface area contributed by atoms with Gasteiger partial charge in [0.25, 0.3) is 0 Å². The van der Waals surface area contributed by atoms with E-state index in [1.54, 1.807) is 13.2 Å². The van der Waals surface area contributed by atoms with Crippen molar-refractivity contribution in [1.29, 1.82) is 5.26 Å². The van der Waals surface area contributed by atoms with Crippen molar-refractivity contribution in [2.24, 2.45) is 5.73 Å². The van der Waals surface area contributed by atoms with Crippen molar-refractivity contribution in [3.05, 3.63) is 23.0 Å². The average molecular weight is 194 g/mol. The summed E-state index contributed by atoms with van der Waals surface area (Å²) in [5.74, 6) is 0.833. The first-order valence-electron chi connectivity index (χ1n) is 4.50. The third-order valence-corrected chi connectivity index (χ3v) is 2.23. The van der Waals surface area contributed by atoms with Crippen molar-refractivity contribution in [3.63, 3.8) is 0 Å². The molecule has 1 atom stereocenters. The summed E-state index contributed by atoms with van der Waals surface area (Å²) in [6, 6.07) is 1.92. The van der Waals surface area contributed by atoms with Gasteiger partial charge in [0.05, 0.1) is 24.5 Å². The van der Waals surface area contributed by atoms with Gasteiger partial charge in [0.2, 0.25) is 0 Å². The Bertz CT molecular complexity index is 311. The quantitative estimate of drug-likeness (QED) is 0.503. The highest BCUT2D eigenvalue weighted by molar-refractivity contribution is 5.39. The number of hydrogen-bond acceptors (Lipinski definition) is 4. The molecule has 0 radical (unpaired) electrons. The summed E-state index contributed by atoms with van der Waals surface area (Å²) < 4.78 is 5.09. The number of ether oxygens (including phenoxy) is 1. The fourth-order valence-corrected chi connectivity index (χ4v) is 1.49. The Kier molecular flexibility index (Phi) is 3.69. The summed E-state index contributed by atoms with van der Waals surface area (Å²) in [6.07, 6.45) is 3.16. The maximum Gasteiger partial charge on any atom is 0.138 e. The zero-order chi connectivity index (χ0) is 10.6. The summed E-state index contributed by atoms with van der Waals surface area (Å²) >= 11 is 0. The predicted molar refractivity (Wildman–Crippen MR) is 51.8 cm³/mol. The van der Waals surface area contributed by atoms with Gasteiger partial charge in [-0.05, 0) is 24.5 Å². The van der Waals surface area contributed by atoms with Crippen molar-refractivity contribution in [1.82, 2.24) is 0 Å². The number of aliphatic hydroxyl groups excluding tert-OH is 1. The first-order chi connectivity index (χ1) is 6.69. The number of nitriles is 1. The van der Waals surface area contributed by atoms with E-state index in [2.05, 4.69) is 0 Å². The van der Waals surface area contributed by atoms with Crippen molar-refractivity contribution in [3.8, 4) is 6.07 Å². The van der Waals surface area contributed by atoms with Gasteiger partial charge in [-0.25, -0.2) is 0 Å². The van der Waals surface area contributed by atoms with E-state index in [1.165, 1.54) is 0 Å². The third-order valence-electron chi connectivity index (χ3n) is 2.23. The number of rotatable bonds is 2. The first-order valence-corrected chi connectivity index (χ1v) is 4.50. The number of methoxy groups -OCH3 is 1. The third kappa shape index (κ3) is 2.34. The molecule has 0 fully saturated rings. The van der Waals surface area contributed by atoms with Crippen LogP contribution in [0.15, 0.2) is 23.0 Å². The number of hydrogen-bond donors (Lipinski definition) is 2. The van der Waals surface area contributed by atoms with E-state index in [4.69, 9.17) is 20.8 Å². The first kappa shape index (κ1) is 10.8. The SMILES string of the molecule is COC1=C/C(=C(/C#N)C(N)O)CCC1. The van der Waals surface area contributed by atoms with Crippen LogP contribution in [0, 0.1) is 11.3 Å². The van der Waals surface area contributed by atoms with Crippen LogP contribution in [-0.4, -0.2) is 18.4 Å². The summed E-state index contributed by atoms with van der Waals surface area (Å²) in [6.45, 7) is 0. The number of nitrogens with two attached hydrogens (primary N) is 1. The number of allylic oxidation sites excluding steroid dienone is 3. The smallest absolute Gasteiger partial charge is 0.138 e. The zero-order valence-electron chi connectivity index (χ0n) is 8.16. The topological polar surface area (TPSA) is 79.3 Å². The Hall–Kier alpha value is -1.31. The Labute approximate surface area is 83.3 Å². The second-order valence-corrected chi connectivity index (χ2v) is 3.16. The summed E-state index contributed by atoms with van der Waals surface area (Å²) in [5, 5.41) is 17.9. The molecule has 4 heteroatoms. The van der Waals surface area contributed by atoms with Crippen molar-refractivity contribution in [2.75, 3.05) is 7.11 Å². The Morgan fingerprint density at radius 2 is 2.43 bits per heavy atom. The largest absolute Gasteiger partial charge is 0.501 e. The zero-order valence-corrected chi connectivity index (χ0v) is 8.16. The molecule has 0 aromatic rings. The Morgan fingerprint density at radius 3 is 2.93 bits per heavy atom. The highest BCUT2D eigenvalue weighted by atomic mass is 16.5. The van der Waals surface area contributed by atoms with Gasteiger partial charge in [-0.3, -0.25) is 0 Å². The van der Waals surface area contributed by atoms with E-state index in [0.29, 0.717) is 0 Å². The molecule has 1 unspecified atom stereocenters. The number of aliphatic hydroxyl groups is 1. The van der Waals surface area contributed by atoms with Gasteiger partial charge in [0.1, 0.15) is 6.23 Å². The summed E-state index contributed by atoms with van der Waals surface area (Å²) in [7, 11) is 1.60. The molecule has 0 saturated carbocycles. The molecule has 1 aliphatic rings. The normalized spacial score (nSPS) is 22.0. The van der Waals surface area contributed by atoms with Crippen LogP contribution in [0.2, 0.25) is 0 Å². The molecule has 0 heterocycles. The van der Waals surface area contributed by atoms with Crippen LogP contribution in [0.4, 0.5) is 0 Å². The molecule has 3 N–H and O–H groups in total. The summed E-state index contributed by atoms with van der Waals surface area (Å²) in [5.41, 5.74) is 6.29. The fourth-order valence-electron chi connectivity index (χ4n) is 1.49. The summed E-state index contributed by atoms with van der Waals surface area (Å²) in [4.78, 5) is 0. The van der Waals surface area contributed by atoms with Gasteiger partial charge >= 0.3 is 0 Å². The molecule has 0 bridgehead atoms. The molecule has 4 nitrogen and oxygen atoms in total. The van der Waals surface area contributed by atoms with E-state index in [1.807, 2.05) is 6.07 Å². The molecule has 0 saturated heterocycles. The maximum atomic E-state index is 9.15. The minimum Gasteiger partial charge on any atom is -0.501 e. The monoisotopic (exact) mass is 194 g/mol. The standard InChI is InChI=1S/C10H14N2O2/c1-14-8-4-2-3-7(5-8)9(6-11)10(12)13/h5,10,13H,2-4,12H2,1H3/b9-7-. The van der Waals surface area contributed by atoms with Gasteiger partial charge in [0.15, 0.2) is 0 Å². The van der Waals surface area contributed by atoms with Crippen LogP contribution in [0.1, 0.15) is 19.3 Å². The van der Waals surface area contributed by atoms with E-state index in [9.17, 15) is 0 Å². The van der Waals surface area contributed by atoms with E-state index >= 15 is 0 Å². The molecule has 1 rings (SSSR count). The lowest BCUT2D eigenvalue weighted by atomic mass is 9.95. The lowest BCUT2D eigenvalue weighted by molar-refractivity contribution is 0.222.